The van der Waals surface area contributed by atoms with Gasteiger partial charge in [-0.2, -0.15) is 0 Å². The quantitative estimate of drug-likeness (QED) is 0.874. The fraction of sp³-hybridized carbons (Fsp3) is 0.600. The van der Waals surface area contributed by atoms with Gasteiger partial charge >= 0.3 is 0 Å². The number of ether oxygens (including phenoxy) is 1. The lowest BCUT2D eigenvalue weighted by Gasteiger charge is -2.48. The first-order valence-electron chi connectivity index (χ1n) is 9.26. The van der Waals surface area contributed by atoms with E-state index >= 15 is 0 Å². The number of piperidine rings is 1. The van der Waals surface area contributed by atoms with Crippen molar-refractivity contribution in [3.05, 3.63) is 35.5 Å². The van der Waals surface area contributed by atoms with Gasteiger partial charge in [-0.1, -0.05) is 11.6 Å². The maximum atomic E-state index is 10.4. The minimum Gasteiger partial charge on any atom is -0.390 e. The summed E-state index contributed by atoms with van der Waals surface area (Å²) in [6.45, 7) is 5.33. The number of fused-ring (bicyclic) bond motifs is 1. The van der Waals surface area contributed by atoms with E-state index in [0.29, 0.717) is 13.0 Å². The molecule has 2 aliphatic heterocycles. The number of hydrogen-bond donors (Lipinski definition) is 2. The van der Waals surface area contributed by atoms with Gasteiger partial charge in [0.15, 0.2) is 0 Å². The number of aryl methyl sites for hydroxylation is 2. The van der Waals surface area contributed by atoms with Crippen molar-refractivity contribution >= 4 is 10.9 Å². The molecule has 25 heavy (non-hydrogen) atoms. The molecule has 2 saturated heterocycles. The number of aliphatic hydroxyl groups is 2. The summed E-state index contributed by atoms with van der Waals surface area (Å²) in [4.78, 5) is 2.42. The number of benzene rings is 1. The van der Waals surface area contributed by atoms with Crippen molar-refractivity contribution in [2.45, 2.75) is 50.5 Å². The van der Waals surface area contributed by atoms with Gasteiger partial charge in [0, 0.05) is 43.3 Å². The maximum absolute atomic E-state index is 10.4. The van der Waals surface area contributed by atoms with Gasteiger partial charge in [-0.25, -0.2) is 0 Å². The summed E-state index contributed by atoms with van der Waals surface area (Å²) >= 11 is 0. The van der Waals surface area contributed by atoms with Crippen LogP contribution in [0.3, 0.4) is 0 Å². The first-order valence-corrected chi connectivity index (χ1v) is 9.26. The number of likely N-dealkylation sites (tertiary alicyclic amines) is 1. The number of hydrogen-bond acceptors (Lipinski definition) is 4. The summed E-state index contributed by atoms with van der Waals surface area (Å²) in [6.07, 6.45) is 0.663. The number of rotatable bonds is 2. The van der Waals surface area contributed by atoms with E-state index in [-0.39, 0.29) is 0 Å². The van der Waals surface area contributed by atoms with Gasteiger partial charge in [0.05, 0.1) is 18.3 Å². The zero-order chi connectivity index (χ0) is 17.6. The van der Waals surface area contributed by atoms with E-state index in [4.69, 9.17) is 4.74 Å². The lowest BCUT2D eigenvalue weighted by Crippen LogP contribution is -2.59. The number of aromatic nitrogens is 1. The molecule has 4 rings (SSSR count). The van der Waals surface area contributed by atoms with Crippen molar-refractivity contribution in [1.29, 1.82) is 0 Å². The normalized spacial score (nSPS) is 27.2. The maximum Gasteiger partial charge on any atom is 0.109 e. The fourth-order valence-corrected chi connectivity index (χ4v) is 4.41. The van der Waals surface area contributed by atoms with E-state index in [1.165, 1.54) is 22.2 Å². The van der Waals surface area contributed by atoms with E-state index in [1.807, 2.05) is 0 Å². The Morgan fingerprint density at radius 1 is 1.20 bits per heavy atom. The first-order chi connectivity index (χ1) is 12.0. The molecule has 2 aromatic rings. The molecule has 0 saturated carbocycles. The van der Waals surface area contributed by atoms with Crippen LogP contribution < -0.4 is 0 Å². The van der Waals surface area contributed by atoms with Gasteiger partial charge in [0.25, 0.3) is 0 Å². The van der Waals surface area contributed by atoms with E-state index in [2.05, 4.69) is 47.7 Å². The van der Waals surface area contributed by atoms with Crippen molar-refractivity contribution in [1.82, 2.24) is 9.47 Å². The fourth-order valence-electron chi connectivity index (χ4n) is 4.41. The second-order valence-electron chi connectivity index (χ2n) is 7.75. The number of aliphatic hydroxyl groups excluding tert-OH is 2. The zero-order valence-electron chi connectivity index (χ0n) is 15.1. The van der Waals surface area contributed by atoms with Crippen molar-refractivity contribution in [3.63, 3.8) is 0 Å². The van der Waals surface area contributed by atoms with E-state index in [1.54, 1.807) is 0 Å². The molecule has 0 unspecified atom stereocenters. The molecule has 136 valence electrons. The first kappa shape index (κ1) is 17.0. The monoisotopic (exact) mass is 344 g/mol. The standard InChI is InChI=1S/C20H28N2O3/c1-14-3-4-17-15(11-14)12-16(21(17)2)13-22-8-6-20(7-9-22)19(24)18(23)5-10-25-20/h3-4,11-12,18-19,23-24H,5-10,13H2,1-2H3/t18-,19-/m0/s1. The van der Waals surface area contributed by atoms with Crippen molar-refractivity contribution < 1.29 is 14.9 Å². The van der Waals surface area contributed by atoms with Gasteiger partial charge in [-0.3, -0.25) is 4.90 Å². The molecule has 2 atom stereocenters. The molecule has 3 heterocycles. The Balaban J connectivity index is 1.46. The molecule has 1 aromatic heterocycles. The predicted octanol–water partition coefficient (Wildman–Crippen LogP) is 1.96. The SMILES string of the molecule is Cc1ccc2c(c1)cc(CN1CCC3(CC1)OCC[C@H](O)[C@@H]3O)n2C. The predicted molar refractivity (Wildman–Crippen MR) is 97.5 cm³/mol. The lowest BCUT2D eigenvalue weighted by atomic mass is 9.80. The van der Waals surface area contributed by atoms with Gasteiger partial charge in [-0.05, 0) is 44.4 Å². The highest BCUT2D eigenvalue weighted by molar-refractivity contribution is 5.82. The second kappa shape index (κ2) is 6.40. The molecule has 0 bridgehead atoms. The molecule has 5 heteroatoms. The molecule has 2 N–H and O–H groups in total. The summed E-state index contributed by atoms with van der Waals surface area (Å²) in [5, 5.41) is 21.7. The molecule has 2 aliphatic rings. The second-order valence-corrected chi connectivity index (χ2v) is 7.75. The van der Waals surface area contributed by atoms with Crippen molar-refractivity contribution in [2.24, 2.45) is 7.05 Å². The Labute approximate surface area is 148 Å². The van der Waals surface area contributed by atoms with Crippen LogP contribution >= 0.6 is 0 Å². The van der Waals surface area contributed by atoms with Crippen molar-refractivity contribution in [2.75, 3.05) is 19.7 Å². The highest BCUT2D eigenvalue weighted by Crippen LogP contribution is 2.36. The van der Waals surface area contributed by atoms with Crippen LogP contribution in [-0.2, 0) is 18.3 Å². The Kier molecular flexibility index (Phi) is 4.36. The molecule has 0 amide bonds. The van der Waals surface area contributed by atoms with Crippen LogP contribution in [0.15, 0.2) is 24.3 Å². The molecule has 5 nitrogen and oxygen atoms in total. The number of nitrogens with zero attached hydrogens (tertiary/aromatic N) is 2. The summed E-state index contributed by atoms with van der Waals surface area (Å²) in [5.41, 5.74) is 3.31. The summed E-state index contributed by atoms with van der Waals surface area (Å²) < 4.78 is 8.20. The molecule has 0 radical (unpaired) electrons. The highest BCUT2D eigenvalue weighted by atomic mass is 16.5. The Morgan fingerprint density at radius 2 is 1.96 bits per heavy atom. The third-order valence-corrected chi connectivity index (χ3v) is 6.09. The summed E-state index contributed by atoms with van der Waals surface area (Å²) in [6, 6.07) is 8.86. The minimum absolute atomic E-state index is 0.530. The summed E-state index contributed by atoms with van der Waals surface area (Å²) in [5.74, 6) is 0. The van der Waals surface area contributed by atoms with Gasteiger partial charge in [0.2, 0.25) is 0 Å². The van der Waals surface area contributed by atoms with E-state index < -0.39 is 17.8 Å². The lowest BCUT2D eigenvalue weighted by molar-refractivity contribution is -0.214. The van der Waals surface area contributed by atoms with Crippen LogP contribution in [-0.4, -0.2) is 57.2 Å². The van der Waals surface area contributed by atoms with Gasteiger partial charge < -0.3 is 19.5 Å². The molecule has 0 aliphatic carbocycles. The Morgan fingerprint density at radius 3 is 2.72 bits per heavy atom. The average Bonchev–Trinajstić information content (AvgIpc) is 2.90. The Hall–Kier alpha value is -1.40. The van der Waals surface area contributed by atoms with Gasteiger partial charge in [0.1, 0.15) is 6.10 Å². The molecule has 2 fully saturated rings. The Bertz CT molecular complexity index is 762. The van der Waals surface area contributed by atoms with Crippen LogP contribution in [0.4, 0.5) is 0 Å². The van der Waals surface area contributed by atoms with E-state index in [9.17, 15) is 10.2 Å². The smallest absolute Gasteiger partial charge is 0.109 e. The largest absolute Gasteiger partial charge is 0.390 e. The van der Waals surface area contributed by atoms with Crippen LogP contribution in [0.5, 0.6) is 0 Å². The topological polar surface area (TPSA) is 57.9 Å². The van der Waals surface area contributed by atoms with Crippen LogP contribution in [0.1, 0.15) is 30.5 Å². The molecule has 1 spiro atoms. The zero-order valence-corrected chi connectivity index (χ0v) is 15.1. The third kappa shape index (κ3) is 2.99. The van der Waals surface area contributed by atoms with Crippen LogP contribution in [0, 0.1) is 6.92 Å². The molecular formula is C20H28N2O3. The molecule has 1 aromatic carbocycles. The summed E-state index contributed by atoms with van der Waals surface area (Å²) in [7, 11) is 2.13. The average molecular weight is 344 g/mol. The van der Waals surface area contributed by atoms with Gasteiger partial charge in [-0.15, -0.1) is 0 Å². The molecular weight excluding hydrogens is 316 g/mol. The van der Waals surface area contributed by atoms with Crippen LogP contribution in [0.2, 0.25) is 0 Å². The highest BCUT2D eigenvalue weighted by Gasteiger charge is 2.47. The van der Waals surface area contributed by atoms with Crippen molar-refractivity contribution in [3.8, 4) is 0 Å². The van der Waals surface area contributed by atoms with E-state index in [0.717, 1.165) is 32.5 Å². The minimum atomic E-state index is -0.760. The van der Waals surface area contributed by atoms with Crippen LogP contribution in [0.25, 0.3) is 10.9 Å². The third-order valence-electron chi connectivity index (χ3n) is 6.09.